The molecule has 0 bridgehead atoms. The highest BCUT2D eigenvalue weighted by molar-refractivity contribution is 5.77. The monoisotopic (exact) mass is 409 g/mol. The first-order valence-corrected chi connectivity index (χ1v) is 10.1. The van der Waals surface area contributed by atoms with Crippen LogP contribution in [0.25, 0.3) is 11.4 Å². The second-order valence-corrected chi connectivity index (χ2v) is 7.65. The lowest BCUT2D eigenvalue weighted by atomic mass is 9.94. The molecule has 0 N–H and O–H groups in total. The average molecular weight is 409 g/mol. The van der Waals surface area contributed by atoms with E-state index >= 15 is 0 Å². The molecule has 1 atom stereocenters. The molecule has 30 heavy (non-hydrogen) atoms. The molecule has 0 aliphatic carbocycles. The molecule has 2 aromatic carbocycles. The lowest BCUT2D eigenvalue weighted by Gasteiger charge is -2.32. The number of nitrogens with zero attached hydrogens (tertiary/aromatic N) is 3. The van der Waals surface area contributed by atoms with Crippen LogP contribution < -0.4 is 4.74 Å². The Kier molecular flexibility index (Phi) is 6.07. The number of amides is 1. The number of hydrogen-bond acceptors (Lipinski definition) is 5. The van der Waals surface area contributed by atoms with Crippen molar-refractivity contribution in [1.82, 2.24) is 15.0 Å². The number of halogens is 1. The van der Waals surface area contributed by atoms with Gasteiger partial charge in [0.2, 0.25) is 11.7 Å². The number of ether oxygens (including phenoxy) is 1. The molecule has 2 heterocycles. The van der Waals surface area contributed by atoms with Crippen LogP contribution in [0.5, 0.6) is 5.75 Å². The molecule has 6 nitrogen and oxygen atoms in total. The fourth-order valence-electron chi connectivity index (χ4n) is 3.74. The number of rotatable bonds is 6. The van der Waals surface area contributed by atoms with Crippen LogP contribution in [0, 0.1) is 18.7 Å². The minimum absolute atomic E-state index is 0.0220. The highest BCUT2D eigenvalue weighted by Crippen LogP contribution is 2.23. The third-order valence-electron chi connectivity index (χ3n) is 5.27. The largest absolute Gasteiger partial charge is 0.484 e. The number of carbonyl (C=O) groups excluding carboxylic acids is 1. The van der Waals surface area contributed by atoms with Gasteiger partial charge in [-0.2, -0.15) is 4.98 Å². The summed E-state index contributed by atoms with van der Waals surface area (Å²) in [6, 6.07) is 14.0. The molecular weight excluding hydrogens is 385 g/mol. The van der Waals surface area contributed by atoms with Crippen LogP contribution in [0.3, 0.4) is 0 Å². The normalized spacial score (nSPS) is 16.5. The van der Waals surface area contributed by atoms with Crippen LogP contribution in [-0.4, -0.2) is 40.6 Å². The molecule has 0 radical (unpaired) electrons. The van der Waals surface area contributed by atoms with Gasteiger partial charge in [-0.25, -0.2) is 4.39 Å². The molecule has 1 amide bonds. The fourth-order valence-corrected chi connectivity index (χ4v) is 3.74. The highest BCUT2D eigenvalue weighted by atomic mass is 19.1. The number of carbonyl (C=O) groups is 1. The van der Waals surface area contributed by atoms with Gasteiger partial charge in [-0.15, -0.1) is 0 Å². The molecule has 1 aliphatic rings. The number of piperidine rings is 1. The topological polar surface area (TPSA) is 68.5 Å². The van der Waals surface area contributed by atoms with Crippen LogP contribution in [-0.2, 0) is 11.2 Å². The quantitative estimate of drug-likeness (QED) is 0.615. The third-order valence-corrected chi connectivity index (χ3v) is 5.27. The summed E-state index contributed by atoms with van der Waals surface area (Å²) in [6.45, 7) is 3.34. The Labute approximate surface area is 174 Å². The Morgan fingerprint density at radius 1 is 1.27 bits per heavy atom. The van der Waals surface area contributed by atoms with Gasteiger partial charge in [0.05, 0.1) is 5.56 Å². The zero-order valence-electron chi connectivity index (χ0n) is 16.9. The summed E-state index contributed by atoms with van der Waals surface area (Å²) in [5, 5.41) is 3.91. The molecule has 4 rings (SSSR count). The first-order chi connectivity index (χ1) is 14.6. The standard InChI is InChI=1S/C23H24FN3O3/c1-16-6-4-8-18(12-16)29-15-22(28)27-11-5-7-17(14-27)13-21-25-23(26-30-21)19-9-2-3-10-20(19)24/h2-4,6,8-10,12,17H,5,7,11,13-15H2,1H3. The van der Waals surface area contributed by atoms with Crippen LogP contribution in [0.2, 0.25) is 0 Å². The van der Waals surface area contributed by atoms with Crippen molar-refractivity contribution in [2.45, 2.75) is 26.2 Å². The van der Waals surface area contributed by atoms with E-state index in [1.807, 2.05) is 36.1 Å². The second-order valence-electron chi connectivity index (χ2n) is 7.65. The van der Waals surface area contributed by atoms with Crippen molar-refractivity contribution < 1.29 is 18.4 Å². The van der Waals surface area contributed by atoms with E-state index < -0.39 is 0 Å². The molecule has 1 aromatic heterocycles. The van der Waals surface area contributed by atoms with Crippen molar-refractivity contribution in [2.75, 3.05) is 19.7 Å². The summed E-state index contributed by atoms with van der Waals surface area (Å²) in [4.78, 5) is 18.8. The molecule has 1 fully saturated rings. The number of likely N-dealkylation sites (tertiary alicyclic amines) is 1. The Morgan fingerprint density at radius 3 is 2.97 bits per heavy atom. The number of benzene rings is 2. The fraction of sp³-hybridized carbons (Fsp3) is 0.348. The minimum atomic E-state index is -0.382. The Bertz CT molecular complexity index is 1020. The Morgan fingerprint density at radius 2 is 2.13 bits per heavy atom. The van der Waals surface area contributed by atoms with E-state index in [2.05, 4.69) is 10.1 Å². The van der Waals surface area contributed by atoms with E-state index in [4.69, 9.17) is 9.26 Å². The molecule has 1 aliphatic heterocycles. The molecule has 1 saturated heterocycles. The van der Waals surface area contributed by atoms with Crippen molar-refractivity contribution in [2.24, 2.45) is 5.92 Å². The van der Waals surface area contributed by atoms with Crippen LogP contribution in [0.1, 0.15) is 24.3 Å². The van der Waals surface area contributed by atoms with Gasteiger partial charge in [0.25, 0.3) is 5.91 Å². The van der Waals surface area contributed by atoms with Gasteiger partial charge in [0, 0.05) is 19.5 Å². The summed E-state index contributed by atoms with van der Waals surface area (Å²) >= 11 is 0. The van der Waals surface area contributed by atoms with E-state index in [1.54, 1.807) is 18.2 Å². The maximum absolute atomic E-state index is 13.9. The Hall–Kier alpha value is -3.22. The minimum Gasteiger partial charge on any atom is -0.484 e. The van der Waals surface area contributed by atoms with E-state index in [0.717, 1.165) is 24.9 Å². The van der Waals surface area contributed by atoms with Crippen molar-refractivity contribution in [3.63, 3.8) is 0 Å². The van der Waals surface area contributed by atoms with Gasteiger partial charge in [0.15, 0.2) is 6.61 Å². The molecule has 156 valence electrons. The molecular formula is C23H24FN3O3. The maximum atomic E-state index is 13.9. The van der Waals surface area contributed by atoms with E-state index in [0.29, 0.717) is 30.2 Å². The molecule has 0 saturated carbocycles. The first kappa shape index (κ1) is 20.1. The first-order valence-electron chi connectivity index (χ1n) is 10.1. The van der Waals surface area contributed by atoms with Crippen molar-refractivity contribution in [1.29, 1.82) is 0 Å². The van der Waals surface area contributed by atoms with Crippen LogP contribution in [0.4, 0.5) is 4.39 Å². The van der Waals surface area contributed by atoms with Crippen molar-refractivity contribution in [3.8, 4) is 17.1 Å². The number of aryl methyl sites for hydroxylation is 1. The van der Waals surface area contributed by atoms with Gasteiger partial charge >= 0.3 is 0 Å². The van der Waals surface area contributed by atoms with E-state index in [-0.39, 0.29) is 30.1 Å². The third kappa shape index (κ3) is 4.84. The maximum Gasteiger partial charge on any atom is 0.260 e. The summed E-state index contributed by atoms with van der Waals surface area (Å²) < 4.78 is 24.9. The van der Waals surface area contributed by atoms with Gasteiger partial charge in [-0.05, 0) is 55.5 Å². The van der Waals surface area contributed by atoms with E-state index in [1.165, 1.54) is 6.07 Å². The zero-order valence-corrected chi connectivity index (χ0v) is 16.9. The van der Waals surface area contributed by atoms with Gasteiger partial charge in [-0.1, -0.05) is 29.4 Å². The molecule has 3 aromatic rings. The van der Waals surface area contributed by atoms with Gasteiger partial charge in [-0.3, -0.25) is 4.79 Å². The zero-order chi connectivity index (χ0) is 20.9. The number of aromatic nitrogens is 2. The van der Waals surface area contributed by atoms with Crippen LogP contribution >= 0.6 is 0 Å². The predicted molar refractivity (Wildman–Crippen MR) is 109 cm³/mol. The summed E-state index contributed by atoms with van der Waals surface area (Å²) in [5.74, 6) is 1.22. The summed E-state index contributed by atoms with van der Waals surface area (Å²) in [7, 11) is 0. The SMILES string of the molecule is Cc1cccc(OCC(=O)N2CCCC(Cc3nc(-c4ccccc4F)no3)C2)c1. The lowest BCUT2D eigenvalue weighted by Crippen LogP contribution is -2.42. The predicted octanol–water partition coefficient (Wildman–Crippen LogP) is 4.04. The van der Waals surface area contributed by atoms with Gasteiger partial charge < -0.3 is 14.2 Å². The number of hydrogen-bond donors (Lipinski definition) is 0. The molecule has 7 heteroatoms. The average Bonchev–Trinajstić information content (AvgIpc) is 3.21. The van der Waals surface area contributed by atoms with Gasteiger partial charge in [0.1, 0.15) is 11.6 Å². The van der Waals surface area contributed by atoms with Crippen LogP contribution in [0.15, 0.2) is 53.1 Å². The summed E-state index contributed by atoms with van der Waals surface area (Å²) in [6.07, 6.45) is 2.44. The second kappa shape index (κ2) is 9.07. The Balaban J connectivity index is 1.33. The highest BCUT2D eigenvalue weighted by Gasteiger charge is 2.26. The van der Waals surface area contributed by atoms with E-state index in [9.17, 15) is 9.18 Å². The molecule has 1 unspecified atom stereocenters. The molecule has 0 spiro atoms. The van der Waals surface area contributed by atoms with Crippen molar-refractivity contribution >= 4 is 5.91 Å². The summed E-state index contributed by atoms with van der Waals surface area (Å²) in [5.41, 5.74) is 1.41. The lowest BCUT2D eigenvalue weighted by molar-refractivity contribution is -0.135. The smallest absolute Gasteiger partial charge is 0.260 e. The van der Waals surface area contributed by atoms with Crippen molar-refractivity contribution in [3.05, 3.63) is 65.8 Å².